The van der Waals surface area contributed by atoms with Crippen molar-refractivity contribution in [2.24, 2.45) is 0 Å². The number of carbonyl (C=O) groups excluding carboxylic acids is 1. The molecule has 0 saturated carbocycles. The van der Waals surface area contributed by atoms with Crippen molar-refractivity contribution in [2.45, 2.75) is 58.3 Å². The van der Waals surface area contributed by atoms with Crippen molar-refractivity contribution in [1.82, 2.24) is 14.5 Å². The number of likely N-dealkylation sites (tertiary alicyclic amines) is 1. The SMILES string of the molecule is Cc1cc(=O)n(CC2(O)CCN(C(=O)OC(C)(C)C)CC2)cn1. The van der Waals surface area contributed by atoms with Crippen LogP contribution < -0.4 is 5.56 Å². The normalized spacial score (nSPS) is 17.9. The second-order valence-electron chi connectivity index (χ2n) is 7.19. The molecule has 0 bridgehead atoms. The minimum atomic E-state index is -1.01. The van der Waals surface area contributed by atoms with E-state index in [2.05, 4.69) is 4.98 Å². The lowest BCUT2D eigenvalue weighted by Gasteiger charge is -2.38. The highest BCUT2D eigenvalue weighted by Gasteiger charge is 2.35. The van der Waals surface area contributed by atoms with Crippen LogP contribution in [-0.4, -0.2) is 49.9 Å². The first-order chi connectivity index (χ1) is 10.6. The van der Waals surface area contributed by atoms with E-state index in [1.165, 1.54) is 17.0 Å². The molecular weight excluding hydrogens is 298 g/mol. The van der Waals surface area contributed by atoms with Crippen LogP contribution in [-0.2, 0) is 11.3 Å². The Morgan fingerprint density at radius 2 is 2.00 bits per heavy atom. The zero-order valence-electron chi connectivity index (χ0n) is 14.2. The highest BCUT2D eigenvalue weighted by atomic mass is 16.6. The number of hydrogen-bond acceptors (Lipinski definition) is 5. The molecule has 7 heteroatoms. The molecule has 7 nitrogen and oxygen atoms in total. The first-order valence-corrected chi connectivity index (χ1v) is 7.81. The quantitative estimate of drug-likeness (QED) is 0.887. The zero-order valence-corrected chi connectivity index (χ0v) is 14.2. The lowest BCUT2D eigenvalue weighted by molar-refractivity contribution is -0.0420. The third kappa shape index (κ3) is 4.79. The molecule has 2 heterocycles. The highest BCUT2D eigenvalue weighted by molar-refractivity contribution is 5.68. The first kappa shape index (κ1) is 17.5. The summed E-state index contributed by atoms with van der Waals surface area (Å²) >= 11 is 0. The maximum absolute atomic E-state index is 12.0. The summed E-state index contributed by atoms with van der Waals surface area (Å²) in [6.07, 6.45) is 1.88. The molecule has 0 unspecified atom stereocenters. The number of rotatable bonds is 2. The van der Waals surface area contributed by atoms with Gasteiger partial charge in [-0.15, -0.1) is 0 Å². The molecule has 2 rings (SSSR count). The zero-order chi connectivity index (χ0) is 17.3. The third-order valence-electron chi connectivity index (χ3n) is 3.83. The van der Waals surface area contributed by atoms with Gasteiger partial charge >= 0.3 is 6.09 Å². The highest BCUT2D eigenvalue weighted by Crippen LogP contribution is 2.25. The molecule has 1 saturated heterocycles. The van der Waals surface area contributed by atoms with E-state index >= 15 is 0 Å². The van der Waals surface area contributed by atoms with Crippen LogP contribution in [0.5, 0.6) is 0 Å². The van der Waals surface area contributed by atoms with Crippen LogP contribution in [0.15, 0.2) is 17.2 Å². The molecule has 0 spiro atoms. The lowest BCUT2D eigenvalue weighted by atomic mass is 9.91. The van der Waals surface area contributed by atoms with E-state index in [0.717, 1.165) is 0 Å². The van der Waals surface area contributed by atoms with E-state index in [4.69, 9.17) is 4.74 Å². The van der Waals surface area contributed by atoms with Crippen LogP contribution in [0.4, 0.5) is 4.79 Å². The van der Waals surface area contributed by atoms with E-state index in [1.54, 1.807) is 11.8 Å². The molecule has 23 heavy (non-hydrogen) atoms. The van der Waals surface area contributed by atoms with Gasteiger partial charge in [-0.1, -0.05) is 0 Å². The van der Waals surface area contributed by atoms with Crippen LogP contribution in [0.3, 0.4) is 0 Å². The number of hydrogen-bond donors (Lipinski definition) is 1. The lowest BCUT2D eigenvalue weighted by Crippen LogP contribution is -2.50. The van der Waals surface area contributed by atoms with Crippen LogP contribution in [0.1, 0.15) is 39.3 Å². The number of aliphatic hydroxyl groups is 1. The maximum Gasteiger partial charge on any atom is 0.410 e. The van der Waals surface area contributed by atoms with Gasteiger partial charge in [0.25, 0.3) is 5.56 Å². The summed E-state index contributed by atoms with van der Waals surface area (Å²) in [5.41, 5.74) is -1.08. The summed E-state index contributed by atoms with van der Waals surface area (Å²) in [6.45, 7) is 8.20. The van der Waals surface area contributed by atoms with Gasteiger partial charge in [0.2, 0.25) is 0 Å². The predicted molar refractivity (Wildman–Crippen MR) is 85.2 cm³/mol. The Hall–Kier alpha value is -1.89. The number of piperidine rings is 1. The van der Waals surface area contributed by atoms with Crippen molar-refractivity contribution in [3.8, 4) is 0 Å². The van der Waals surface area contributed by atoms with Gasteiger partial charge in [-0.05, 0) is 40.5 Å². The molecule has 1 fully saturated rings. The smallest absolute Gasteiger partial charge is 0.410 e. The minimum Gasteiger partial charge on any atom is -0.444 e. The van der Waals surface area contributed by atoms with Gasteiger partial charge in [0.15, 0.2) is 0 Å². The Balaban J connectivity index is 1.97. The van der Waals surface area contributed by atoms with Crippen molar-refractivity contribution in [3.05, 3.63) is 28.4 Å². The molecule has 1 amide bonds. The number of carbonyl (C=O) groups is 1. The first-order valence-electron chi connectivity index (χ1n) is 7.81. The van der Waals surface area contributed by atoms with Gasteiger partial charge in [0, 0.05) is 24.8 Å². The van der Waals surface area contributed by atoms with Crippen LogP contribution in [0.25, 0.3) is 0 Å². The van der Waals surface area contributed by atoms with Crippen molar-refractivity contribution in [2.75, 3.05) is 13.1 Å². The van der Waals surface area contributed by atoms with Gasteiger partial charge in [0.05, 0.1) is 18.5 Å². The largest absolute Gasteiger partial charge is 0.444 e. The summed E-state index contributed by atoms with van der Waals surface area (Å²) in [6, 6.07) is 1.44. The minimum absolute atomic E-state index is 0.180. The fourth-order valence-corrected chi connectivity index (χ4v) is 2.54. The van der Waals surface area contributed by atoms with Gasteiger partial charge in [-0.25, -0.2) is 9.78 Å². The number of amides is 1. The van der Waals surface area contributed by atoms with Gasteiger partial charge in [-0.3, -0.25) is 9.36 Å². The van der Waals surface area contributed by atoms with E-state index in [0.29, 0.717) is 31.6 Å². The average Bonchev–Trinajstić information content (AvgIpc) is 2.41. The molecule has 0 aromatic carbocycles. The van der Waals surface area contributed by atoms with Crippen LogP contribution in [0.2, 0.25) is 0 Å². The fourth-order valence-electron chi connectivity index (χ4n) is 2.54. The molecule has 1 aliphatic rings. The molecule has 128 valence electrons. The Morgan fingerprint density at radius 1 is 1.39 bits per heavy atom. The van der Waals surface area contributed by atoms with E-state index in [9.17, 15) is 14.7 Å². The molecule has 0 aliphatic carbocycles. The molecule has 1 aromatic heterocycles. The number of ether oxygens (including phenoxy) is 1. The van der Waals surface area contributed by atoms with E-state index < -0.39 is 11.2 Å². The Kier molecular flexibility index (Phi) is 4.79. The monoisotopic (exact) mass is 323 g/mol. The second kappa shape index (κ2) is 6.31. The summed E-state index contributed by atoms with van der Waals surface area (Å²) in [5, 5.41) is 10.7. The Bertz CT molecular complexity index is 625. The third-order valence-corrected chi connectivity index (χ3v) is 3.83. The molecular formula is C16H25N3O4. The maximum atomic E-state index is 12.0. The second-order valence-corrected chi connectivity index (χ2v) is 7.19. The molecule has 1 N–H and O–H groups in total. The van der Waals surface area contributed by atoms with Gasteiger partial charge < -0.3 is 14.7 Å². The predicted octanol–water partition coefficient (Wildman–Crippen LogP) is 1.31. The van der Waals surface area contributed by atoms with Crippen molar-refractivity contribution in [3.63, 3.8) is 0 Å². The number of aryl methyl sites for hydroxylation is 1. The van der Waals surface area contributed by atoms with E-state index in [1.807, 2.05) is 20.8 Å². The molecule has 0 radical (unpaired) electrons. The molecule has 0 atom stereocenters. The summed E-state index contributed by atoms with van der Waals surface area (Å²) < 4.78 is 6.75. The van der Waals surface area contributed by atoms with E-state index in [-0.39, 0.29) is 18.2 Å². The summed E-state index contributed by atoms with van der Waals surface area (Å²) in [7, 11) is 0. The Labute approximate surface area is 135 Å². The van der Waals surface area contributed by atoms with Crippen LogP contribution >= 0.6 is 0 Å². The van der Waals surface area contributed by atoms with Gasteiger partial charge in [0.1, 0.15) is 5.60 Å². The van der Waals surface area contributed by atoms with Crippen LogP contribution in [0, 0.1) is 6.92 Å². The average molecular weight is 323 g/mol. The Morgan fingerprint density at radius 3 is 2.52 bits per heavy atom. The van der Waals surface area contributed by atoms with Crippen molar-refractivity contribution < 1.29 is 14.6 Å². The van der Waals surface area contributed by atoms with Gasteiger partial charge in [-0.2, -0.15) is 0 Å². The van der Waals surface area contributed by atoms with Crippen molar-refractivity contribution >= 4 is 6.09 Å². The standard InChI is InChI=1S/C16H25N3O4/c1-12-9-13(20)19(11-17-12)10-16(22)5-7-18(8-6-16)14(21)23-15(2,3)4/h9,11,22H,5-8,10H2,1-4H3. The molecule has 1 aromatic rings. The topological polar surface area (TPSA) is 84.7 Å². The number of nitrogens with zero attached hydrogens (tertiary/aromatic N) is 3. The van der Waals surface area contributed by atoms with Crippen molar-refractivity contribution in [1.29, 1.82) is 0 Å². The number of aromatic nitrogens is 2. The summed E-state index contributed by atoms with van der Waals surface area (Å²) in [5.74, 6) is 0. The fraction of sp³-hybridized carbons (Fsp3) is 0.688. The summed E-state index contributed by atoms with van der Waals surface area (Å²) in [4.78, 5) is 29.6. The molecule has 1 aliphatic heterocycles.